The standard InChI is InChI=1S/C10H16O2/c1-7-8-4-5-9(2,11)10(3,6-8)12-7/h8,11H,1,4-6H2,2-3H3. The van der Waals surface area contributed by atoms with Crippen molar-refractivity contribution < 1.29 is 9.84 Å². The van der Waals surface area contributed by atoms with Gasteiger partial charge in [0.15, 0.2) is 0 Å². The van der Waals surface area contributed by atoms with Crippen LogP contribution in [-0.4, -0.2) is 16.3 Å². The third-order valence-corrected chi connectivity index (χ3v) is 3.57. The quantitative estimate of drug-likeness (QED) is 0.598. The summed E-state index contributed by atoms with van der Waals surface area (Å²) in [4.78, 5) is 0. The molecule has 0 spiro atoms. The fourth-order valence-corrected chi connectivity index (χ4v) is 2.31. The van der Waals surface area contributed by atoms with Crippen LogP contribution in [0.4, 0.5) is 0 Å². The molecular weight excluding hydrogens is 152 g/mol. The molecule has 1 saturated carbocycles. The van der Waals surface area contributed by atoms with Crippen LogP contribution in [-0.2, 0) is 4.74 Å². The molecule has 2 nitrogen and oxygen atoms in total. The van der Waals surface area contributed by atoms with Crippen molar-refractivity contribution in [2.75, 3.05) is 0 Å². The predicted molar refractivity (Wildman–Crippen MR) is 46.6 cm³/mol. The number of hydrogen-bond acceptors (Lipinski definition) is 2. The van der Waals surface area contributed by atoms with E-state index < -0.39 is 5.60 Å². The van der Waals surface area contributed by atoms with Gasteiger partial charge in [-0.1, -0.05) is 6.58 Å². The summed E-state index contributed by atoms with van der Waals surface area (Å²) in [5.41, 5.74) is -1.06. The zero-order valence-corrected chi connectivity index (χ0v) is 7.76. The van der Waals surface area contributed by atoms with Crippen molar-refractivity contribution in [3.05, 3.63) is 12.3 Å². The van der Waals surface area contributed by atoms with Crippen LogP contribution in [0.25, 0.3) is 0 Å². The topological polar surface area (TPSA) is 29.5 Å². The summed E-state index contributed by atoms with van der Waals surface area (Å²) in [5.74, 6) is 1.35. The van der Waals surface area contributed by atoms with E-state index in [9.17, 15) is 5.11 Å². The fraction of sp³-hybridized carbons (Fsp3) is 0.800. The van der Waals surface area contributed by atoms with E-state index in [2.05, 4.69) is 6.58 Å². The highest BCUT2D eigenvalue weighted by Crippen LogP contribution is 2.51. The minimum Gasteiger partial charge on any atom is -0.489 e. The Morgan fingerprint density at radius 3 is 2.83 bits per heavy atom. The van der Waals surface area contributed by atoms with Crippen LogP contribution in [0.15, 0.2) is 12.3 Å². The van der Waals surface area contributed by atoms with Gasteiger partial charge in [-0.05, 0) is 33.1 Å². The molecule has 1 N–H and O–H groups in total. The van der Waals surface area contributed by atoms with E-state index in [0.717, 1.165) is 25.0 Å². The molecule has 2 rings (SSSR count). The molecule has 2 aliphatic rings. The number of aliphatic hydroxyl groups is 1. The summed E-state index contributed by atoms with van der Waals surface area (Å²) in [6.07, 6.45) is 2.77. The van der Waals surface area contributed by atoms with Crippen LogP contribution in [0.2, 0.25) is 0 Å². The molecule has 0 radical (unpaired) electrons. The van der Waals surface area contributed by atoms with Gasteiger partial charge < -0.3 is 9.84 Å². The lowest BCUT2D eigenvalue weighted by Gasteiger charge is -2.41. The summed E-state index contributed by atoms with van der Waals surface area (Å²) in [5, 5.41) is 10.1. The Bertz CT molecular complexity index is 232. The van der Waals surface area contributed by atoms with Gasteiger partial charge in [0.1, 0.15) is 11.2 Å². The van der Waals surface area contributed by atoms with Gasteiger partial charge in [0.05, 0.1) is 5.76 Å². The van der Waals surface area contributed by atoms with Gasteiger partial charge in [0.25, 0.3) is 0 Å². The first-order chi connectivity index (χ1) is 5.45. The Balaban J connectivity index is 2.34. The molecule has 2 bridgehead atoms. The number of allylic oxidation sites excluding steroid dienone is 1. The Morgan fingerprint density at radius 1 is 1.58 bits per heavy atom. The molecule has 0 aromatic rings. The van der Waals surface area contributed by atoms with Gasteiger partial charge in [-0.2, -0.15) is 0 Å². The first kappa shape index (κ1) is 8.11. The molecule has 2 heteroatoms. The minimum atomic E-state index is -0.678. The van der Waals surface area contributed by atoms with E-state index in [1.807, 2.05) is 13.8 Å². The van der Waals surface area contributed by atoms with Crippen LogP contribution in [0, 0.1) is 5.92 Å². The van der Waals surface area contributed by atoms with Crippen molar-refractivity contribution in [1.29, 1.82) is 0 Å². The molecule has 3 atom stereocenters. The van der Waals surface area contributed by atoms with Crippen molar-refractivity contribution in [3.8, 4) is 0 Å². The van der Waals surface area contributed by atoms with Crippen molar-refractivity contribution >= 4 is 0 Å². The molecule has 3 unspecified atom stereocenters. The van der Waals surface area contributed by atoms with Crippen molar-refractivity contribution in [2.45, 2.75) is 44.3 Å². The highest BCUT2D eigenvalue weighted by atomic mass is 16.5. The van der Waals surface area contributed by atoms with E-state index in [1.165, 1.54) is 0 Å². The van der Waals surface area contributed by atoms with Gasteiger partial charge >= 0.3 is 0 Å². The van der Waals surface area contributed by atoms with Crippen molar-refractivity contribution in [3.63, 3.8) is 0 Å². The molecular formula is C10H16O2. The first-order valence-corrected chi connectivity index (χ1v) is 4.55. The molecule has 1 aliphatic carbocycles. The van der Waals surface area contributed by atoms with Gasteiger partial charge in [-0.3, -0.25) is 0 Å². The van der Waals surface area contributed by atoms with E-state index in [4.69, 9.17) is 4.74 Å². The molecule has 68 valence electrons. The van der Waals surface area contributed by atoms with Gasteiger partial charge in [-0.15, -0.1) is 0 Å². The minimum absolute atomic E-state index is 0.382. The monoisotopic (exact) mass is 168 g/mol. The molecule has 12 heavy (non-hydrogen) atoms. The highest BCUT2D eigenvalue weighted by molar-refractivity contribution is 5.14. The van der Waals surface area contributed by atoms with Crippen LogP contribution >= 0.6 is 0 Å². The van der Waals surface area contributed by atoms with E-state index in [1.54, 1.807) is 0 Å². The summed E-state index contributed by atoms with van der Waals surface area (Å²) in [6.45, 7) is 7.72. The maximum atomic E-state index is 10.1. The zero-order chi connectivity index (χ0) is 8.98. The van der Waals surface area contributed by atoms with Gasteiger partial charge in [0, 0.05) is 5.92 Å². The smallest absolute Gasteiger partial charge is 0.135 e. The van der Waals surface area contributed by atoms with Crippen molar-refractivity contribution in [2.24, 2.45) is 5.92 Å². The van der Waals surface area contributed by atoms with Crippen LogP contribution < -0.4 is 0 Å². The molecule has 0 amide bonds. The lowest BCUT2D eigenvalue weighted by Crippen LogP contribution is -2.51. The average Bonchev–Trinajstić information content (AvgIpc) is 2.19. The zero-order valence-electron chi connectivity index (χ0n) is 7.76. The Kier molecular flexibility index (Phi) is 1.39. The summed E-state index contributed by atoms with van der Waals surface area (Å²) >= 11 is 0. The second-order valence-corrected chi connectivity index (χ2v) is 4.51. The summed E-state index contributed by atoms with van der Waals surface area (Å²) < 4.78 is 5.64. The van der Waals surface area contributed by atoms with E-state index >= 15 is 0 Å². The maximum absolute atomic E-state index is 10.1. The van der Waals surface area contributed by atoms with Gasteiger partial charge in [0.2, 0.25) is 0 Å². The van der Waals surface area contributed by atoms with Crippen molar-refractivity contribution in [1.82, 2.24) is 0 Å². The molecule has 1 aliphatic heterocycles. The third kappa shape index (κ3) is 0.845. The molecule has 1 saturated heterocycles. The second-order valence-electron chi connectivity index (χ2n) is 4.51. The van der Waals surface area contributed by atoms with Crippen LogP contribution in [0.1, 0.15) is 33.1 Å². The molecule has 0 aromatic carbocycles. The summed E-state index contributed by atoms with van der Waals surface area (Å²) in [6, 6.07) is 0. The normalized spacial score (nSPS) is 52.2. The predicted octanol–water partition coefficient (Wildman–Crippen LogP) is 1.84. The van der Waals surface area contributed by atoms with E-state index in [0.29, 0.717) is 5.92 Å². The lowest BCUT2D eigenvalue weighted by atomic mass is 9.71. The first-order valence-electron chi connectivity index (χ1n) is 4.55. The second kappa shape index (κ2) is 2.05. The SMILES string of the molecule is C=C1OC2(C)CC1CCC2(C)O. The number of rotatable bonds is 0. The summed E-state index contributed by atoms with van der Waals surface area (Å²) in [7, 11) is 0. The Hall–Kier alpha value is -0.500. The number of fused-ring (bicyclic) bond motifs is 2. The van der Waals surface area contributed by atoms with Gasteiger partial charge in [-0.25, -0.2) is 0 Å². The number of hydrogen-bond donors (Lipinski definition) is 1. The molecule has 2 fully saturated rings. The third-order valence-electron chi connectivity index (χ3n) is 3.57. The number of ether oxygens (including phenoxy) is 1. The van der Waals surface area contributed by atoms with Crippen LogP contribution in [0.5, 0.6) is 0 Å². The highest BCUT2D eigenvalue weighted by Gasteiger charge is 2.55. The molecule has 0 aromatic heterocycles. The van der Waals surface area contributed by atoms with E-state index in [-0.39, 0.29) is 5.60 Å². The average molecular weight is 168 g/mol. The Morgan fingerprint density at radius 2 is 2.25 bits per heavy atom. The lowest BCUT2D eigenvalue weighted by molar-refractivity contribution is -0.135. The molecule has 1 heterocycles. The largest absolute Gasteiger partial charge is 0.489 e. The Labute approximate surface area is 73.2 Å². The van der Waals surface area contributed by atoms with Crippen LogP contribution in [0.3, 0.4) is 0 Å². The fourth-order valence-electron chi connectivity index (χ4n) is 2.31. The maximum Gasteiger partial charge on any atom is 0.135 e.